The van der Waals surface area contributed by atoms with Crippen LogP contribution in [0.3, 0.4) is 0 Å². The maximum absolute atomic E-state index is 11.1. The molecular formula is C22H17Cl4NO4. The summed E-state index contributed by atoms with van der Waals surface area (Å²) < 4.78 is 11.3. The van der Waals surface area contributed by atoms with Crippen LogP contribution in [0.5, 0.6) is 11.5 Å². The van der Waals surface area contributed by atoms with Gasteiger partial charge in [0.05, 0.1) is 17.7 Å². The molecule has 0 bridgehead atoms. The van der Waals surface area contributed by atoms with Crippen LogP contribution < -0.4 is 14.8 Å². The molecule has 0 aromatic heterocycles. The van der Waals surface area contributed by atoms with Crippen molar-refractivity contribution < 1.29 is 19.4 Å². The molecule has 3 rings (SSSR count). The number of ether oxygens (including phenoxy) is 2. The lowest BCUT2D eigenvalue weighted by Crippen LogP contribution is -2.04. The molecule has 0 aliphatic heterocycles. The van der Waals surface area contributed by atoms with Crippen LogP contribution in [0, 0.1) is 0 Å². The normalized spacial score (nSPS) is 10.6. The van der Waals surface area contributed by atoms with Crippen molar-refractivity contribution in [1.82, 2.24) is 0 Å². The number of carbonyl (C=O) groups is 1. The highest BCUT2D eigenvalue weighted by atomic mass is 35.5. The van der Waals surface area contributed by atoms with Gasteiger partial charge in [-0.3, -0.25) is 0 Å². The summed E-state index contributed by atoms with van der Waals surface area (Å²) in [5, 5.41) is 13.8. The Morgan fingerprint density at radius 3 is 2.26 bits per heavy atom. The molecule has 9 heteroatoms. The molecule has 0 saturated carbocycles. The van der Waals surface area contributed by atoms with Gasteiger partial charge in [-0.15, -0.1) is 0 Å². The molecule has 2 N–H and O–H groups in total. The van der Waals surface area contributed by atoms with Gasteiger partial charge in [0.2, 0.25) is 0 Å². The van der Waals surface area contributed by atoms with E-state index in [0.717, 1.165) is 5.56 Å². The van der Waals surface area contributed by atoms with E-state index in [0.29, 0.717) is 44.4 Å². The number of halogens is 4. The molecule has 0 aliphatic carbocycles. The zero-order chi connectivity index (χ0) is 22.5. The predicted octanol–water partition coefficient (Wildman–Crippen LogP) is 7.20. The second-order valence-electron chi connectivity index (χ2n) is 6.44. The molecule has 3 aromatic carbocycles. The Morgan fingerprint density at radius 1 is 0.935 bits per heavy atom. The summed E-state index contributed by atoms with van der Waals surface area (Å²) in [5.74, 6) is -0.150. The molecule has 0 atom stereocenters. The highest BCUT2D eigenvalue weighted by molar-refractivity contribution is 6.36. The molecule has 5 nitrogen and oxygen atoms in total. The average Bonchev–Trinajstić information content (AvgIpc) is 2.72. The third kappa shape index (κ3) is 5.69. The second kappa shape index (κ2) is 10.3. The van der Waals surface area contributed by atoms with Crippen molar-refractivity contribution in [3.05, 3.63) is 85.3 Å². The summed E-state index contributed by atoms with van der Waals surface area (Å²) >= 11 is 24.8. The number of carboxylic acid groups (broad SMARTS) is 1. The topological polar surface area (TPSA) is 67.8 Å². The van der Waals surface area contributed by atoms with Crippen molar-refractivity contribution in [2.75, 3.05) is 12.4 Å². The Bertz CT molecular complexity index is 1100. The van der Waals surface area contributed by atoms with Gasteiger partial charge in [0.1, 0.15) is 6.61 Å². The van der Waals surface area contributed by atoms with E-state index in [-0.39, 0.29) is 17.2 Å². The van der Waals surface area contributed by atoms with Crippen LogP contribution in [0.2, 0.25) is 20.1 Å². The summed E-state index contributed by atoms with van der Waals surface area (Å²) in [6.45, 7) is 0.506. The largest absolute Gasteiger partial charge is 0.493 e. The number of methoxy groups -OCH3 is 1. The summed E-state index contributed by atoms with van der Waals surface area (Å²) in [6.07, 6.45) is 0. The zero-order valence-electron chi connectivity index (χ0n) is 16.2. The third-order valence-corrected chi connectivity index (χ3v) is 5.82. The molecule has 0 amide bonds. The van der Waals surface area contributed by atoms with Crippen molar-refractivity contribution >= 4 is 58.1 Å². The highest BCUT2D eigenvalue weighted by Crippen LogP contribution is 2.35. The Balaban J connectivity index is 1.75. The first-order chi connectivity index (χ1) is 14.8. The van der Waals surface area contributed by atoms with E-state index in [1.165, 1.54) is 13.2 Å². The first-order valence-electron chi connectivity index (χ1n) is 8.99. The number of carboxylic acids is 1. The summed E-state index contributed by atoms with van der Waals surface area (Å²) in [4.78, 5) is 11.1. The molecule has 0 aliphatic rings. The van der Waals surface area contributed by atoms with Crippen LogP contribution in [-0.4, -0.2) is 18.2 Å². The summed E-state index contributed by atoms with van der Waals surface area (Å²) in [5.41, 5.74) is 2.10. The van der Waals surface area contributed by atoms with E-state index in [2.05, 4.69) is 5.32 Å². The molecule has 0 radical (unpaired) electrons. The molecule has 31 heavy (non-hydrogen) atoms. The van der Waals surface area contributed by atoms with E-state index >= 15 is 0 Å². The van der Waals surface area contributed by atoms with E-state index < -0.39 is 5.97 Å². The fourth-order valence-electron chi connectivity index (χ4n) is 2.80. The van der Waals surface area contributed by atoms with Gasteiger partial charge in [0.25, 0.3) is 0 Å². The predicted molar refractivity (Wildman–Crippen MR) is 125 cm³/mol. The van der Waals surface area contributed by atoms with Gasteiger partial charge in [0, 0.05) is 38.9 Å². The Hall–Kier alpha value is -2.31. The number of anilines is 1. The Kier molecular flexibility index (Phi) is 7.79. The maximum Gasteiger partial charge on any atom is 0.337 e. The van der Waals surface area contributed by atoms with Crippen LogP contribution in [0.25, 0.3) is 0 Å². The molecule has 0 spiro atoms. The minimum absolute atomic E-state index is 0.0343. The maximum atomic E-state index is 11.1. The monoisotopic (exact) mass is 499 g/mol. The summed E-state index contributed by atoms with van der Waals surface area (Å²) in [6, 6.07) is 13.3. The molecule has 0 unspecified atom stereocenters. The fourth-order valence-corrected chi connectivity index (χ4v) is 3.79. The lowest BCUT2D eigenvalue weighted by molar-refractivity contribution is 0.0697. The number of hydrogen-bond donors (Lipinski definition) is 2. The lowest BCUT2D eigenvalue weighted by Gasteiger charge is -2.16. The van der Waals surface area contributed by atoms with Gasteiger partial charge in [-0.1, -0.05) is 52.5 Å². The van der Waals surface area contributed by atoms with Gasteiger partial charge in [-0.05, 0) is 42.0 Å². The number of hydrogen-bond acceptors (Lipinski definition) is 4. The molecule has 0 fully saturated rings. The van der Waals surface area contributed by atoms with Crippen molar-refractivity contribution in [3.63, 3.8) is 0 Å². The quantitative estimate of drug-likeness (QED) is 0.342. The smallest absolute Gasteiger partial charge is 0.337 e. The lowest BCUT2D eigenvalue weighted by atomic mass is 10.1. The fraction of sp³-hybridized carbons (Fsp3) is 0.136. The zero-order valence-corrected chi connectivity index (χ0v) is 19.2. The van der Waals surface area contributed by atoms with Crippen molar-refractivity contribution in [2.45, 2.75) is 13.2 Å². The van der Waals surface area contributed by atoms with Crippen LogP contribution >= 0.6 is 46.4 Å². The number of aromatic carboxylic acids is 1. The first-order valence-corrected chi connectivity index (χ1v) is 10.5. The van der Waals surface area contributed by atoms with Crippen LogP contribution in [0.15, 0.2) is 48.5 Å². The SMILES string of the molecule is COc1cc(CNc2ccc(C(=O)O)c(Cl)c2)c(Cl)cc1OCc1c(Cl)cccc1Cl. The number of nitrogens with one attached hydrogen (secondary N) is 1. The summed E-state index contributed by atoms with van der Waals surface area (Å²) in [7, 11) is 1.53. The Labute approximate surface area is 199 Å². The molecule has 0 heterocycles. The minimum Gasteiger partial charge on any atom is -0.493 e. The van der Waals surface area contributed by atoms with Crippen LogP contribution in [0.4, 0.5) is 5.69 Å². The van der Waals surface area contributed by atoms with Gasteiger partial charge in [-0.25, -0.2) is 4.79 Å². The molecular weight excluding hydrogens is 484 g/mol. The molecule has 3 aromatic rings. The average molecular weight is 501 g/mol. The van der Waals surface area contributed by atoms with Gasteiger partial charge in [0.15, 0.2) is 11.5 Å². The van der Waals surface area contributed by atoms with Crippen LogP contribution in [0.1, 0.15) is 21.5 Å². The third-order valence-electron chi connectivity index (χ3n) is 4.45. The number of benzene rings is 3. The molecule has 162 valence electrons. The highest BCUT2D eigenvalue weighted by Gasteiger charge is 2.14. The van der Waals surface area contributed by atoms with Crippen molar-refractivity contribution in [2.24, 2.45) is 0 Å². The standard InChI is InChI=1S/C22H17Cl4NO4/c1-30-20-7-12(10-27-13-5-6-14(22(28)29)19(26)8-13)18(25)9-21(20)31-11-15-16(23)3-2-4-17(15)24/h2-9,27H,10-11H2,1H3,(H,28,29). The molecule has 0 saturated heterocycles. The van der Waals surface area contributed by atoms with E-state index in [4.69, 9.17) is 61.0 Å². The van der Waals surface area contributed by atoms with Crippen molar-refractivity contribution in [3.8, 4) is 11.5 Å². The Morgan fingerprint density at radius 2 is 1.65 bits per heavy atom. The first kappa shape index (κ1) is 23.4. The van der Waals surface area contributed by atoms with Gasteiger partial charge < -0.3 is 19.9 Å². The minimum atomic E-state index is -1.09. The number of rotatable bonds is 8. The van der Waals surface area contributed by atoms with Crippen molar-refractivity contribution in [1.29, 1.82) is 0 Å². The second-order valence-corrected chi connectivity index (χ2v) is 8.07. The van der Waals surface area contributed by atoms with Crippen LogP contribution in [-0.2, 0) is 13.2 Å². The van der Waals surface area contributed by atoms with Gasteiger partial charge >= 0.3 is 5.97 Å². The van der Waals surface area contributed by atoms with E-state index in [1.54, 1.807) is 42.5 Å². The van der Waals surface area contributed by atoms with E-state index in [1.807, 2.05) is 0 Å². The van der Waals surface area contributed by atoms with Gasteiger partial charge in [-0.2, -0.15) is 0 Å². The van der Waals surface area contributed by atoms with E-state index in [9.17, 15) is 4.79 Å².